The molecule has 4 saturated carbocycles. The number of nitrogens with zero attached hydrogens (tertiary/aromatic N) is 2. The van der Waals surface area contributed by atoms with Crippen LogP contribution in [-0.4, -0.2) is 4.57 Å². The van der Waals surface area contributed by atoms with Crippen LogP contribution in [0, 0.1) is 29.6 Å². The van der Waals surface area contributed by atoms with Crippen LogP contribution in [0.2, 0.25) is 0 Å². The second kappa shape index (κ2) is 13.7. The Kier molecular flexibility index (Phi) is 7.89. The van der Waals surface area contributed by atoms with Gasteiger partial charge in [0.25, 0.3) is 0 Å². The van der Waals surface area contributed by atoms with Crippen molar-refractivity contribution in [3.63, 3.8) is 0 Å². The third kappa shape index (κ3) is 5.61. The zero-order chi connectivity index (χ0) is 40.1. The monoisotopic (exact) mass is 784 g/mol. The van der Waals surface area contributed by atoms with Crippen molar-refractivity contribution in [1.29, 1.82) is 0 Å². The molecular weight excluding hydrogens is 737 g/mol. The van der Waals surface area contributed by atoms with Crippen molar-refractivity contribution in [1.82, 2.24) is 4.57 Å². The highest BCUT2D eigenvalue weighted by Gasteiger charge is 2.65. The molecule has 0 spiro atoms. The number of rotatable bonds is 8. The summed E-state index contributed by atoms with van der Waals surface area (Å²) in [6.07, 6.45) is 7.26. The summed E-state index contributed by atoms with van der Waals surface area (Å²) in [7, 11) is 0. The molecular formula is C59H48N2. The molecule has 4 aliphatic carbocycles. The Labute approximate surface area is 358 Å². The summed E-state index contributed by atoms with van der Waals surface area (Å²) in [6, 6.07) is 74.2. The molecule has 9 aromatic rings. The van der Waals surface area contributed by atoms with Crippen molar-refractivity contribution in [3.8, 4) is 39.1 Å². The maximum atomic E-state index is 2.50. The molecule has 0 saturated heterocycles. The number of fused-ring (bicyclic) bond motifs is 4. The van der Waals surface area contributed by atoms with E-state index in [1.807, 2.05) is 0 Å². The highest BCUT2D eigenvalue weighted by Crippen LogP contribution is 2.72. The zero-order valence-corrected chi connectivity index (χ0v) is 34.4. The average molecular weight is 785 g/mol. The second-order valence-electron chi connectivity index (χ2n) is 18.7. The summed E-state index contributed by atoms with van der Waals surface area (Å²) in [5, 5.41) is 2.56. The molecule has 0 amide bonds. The van der Waals surface area contributed by atoms with Gasteiger partial charge in [0.2, 0.25) is 0 Å². The fourth-order valence-corrected chi connectivity index (χ4v) is 13.1. The van der Waals surface area contributed by atoms with Crippen molar-refractivity contribution >= 4 is 38.9 Å². The molecule has 0 N–H and O–H groups in total. The van der Waals surface area contributed by atoms with Gasteiger partial charge in [-0.2, -0.15) is 0 Å². The lowest BCUT2D eigenvalue weighted by Crippen LogP contribution is -2.45. The molecule has 0 radical (unpaired) electrons. The molecule has 2 nitrogen and oxygen atoms in total. The van der Waals surface area contributed by atoms with E-state index in [9.17, 15) is 0 Å². The van der Waals surface area contributed by atoms with Gasteiger partial charge in [-0.05, 0) is 167 Å². The molecule has 2 heteroatoms. The molecule has 61 heavy (non-hydrogen) atoms. The van der Waals surface area contributed by atoms with Crippen LogP contribution in [0.3, 0.4) is 0 Å². The summed E-state index contributed by atoms with van der Waals surface area (Å²) in [6.45, 7) is 0. The van der Waals surface area contributed by atoms with Crippen molar-refractivity contribution in [3.05, 3.63) is 206 Å². The number of hydrogen-bond acceptors (Lipinski definition) is 1. The van der Waals surface area contributed by atoms with Crippen molar-refractivity contribution in [2.75, 3.05) is 4.90 Å². The van der Waals surface area contributed by atoms with Crippen LogP contribution in [-0.2, 0) is 5.41 Å². The molecule has 4 unspecified atom stereocenters. The van der Waals surface area contributed by atoms with Gasteiger partial charge in [0.1, 0.15) is 0 Å². The van der Waals surface area contributed by atoms with Crippen molar-refractivity contribution in [2.24, 2.45) is 29.6 Å². The Balaban J connectivity index is 0.845. The van der Waals surface area contributed by atoms with E-state index in [1.165, 1.54) is 98.7 Å². The molecule has 294 valence electrons. The van der Waals surface area contributed by atoms with Gasteiger partial charge in [0.15, 0.2) is 0 Å². The minimum atomic E-state index is 0.387. The summed E-state index contributed by atoms with van der Waals surface area (Å²) < 4.78 is 2.40. The lowest BCUT2D eigenvalue weighted by Gasteiger charge is -2.52. The normalized spacial score (nSPS) is 23.3. The smallest absolute Gasteiger partial charge is 0.0541 e. The quantitative estimate of drug-likeness (QED) is 0.149. The summed E-state index contributed by atoms with van der Waals surface area (Å²) in [5.41, 5.74) is 16.5. The minimum Gasteiger partial charge on any atom is -0.311 e. The summed E-state index contributed by atoms with van der Waals surface area (Å²) >= 11 is 0. The van der Waals surface area contributed by atoms with Gasteiger partial charge in [0.05, 0.1) is 11.0 Å². The number of hydrogen-bond donors (Lipinski definition) is 0. The third-order valence-electron chi connectivity index (χ3n) is 15.7. The SMILES string of the molecule is c1ccc(-c2ccc(-c3ccc(N(c4ccc(-c5cccc(-n6c7ccccc7c7ccccc76)c5)cc4)c4ccc(C56CC7C8C(C[C@H]7C5)C[C@H]8C6)cc4)cc3)cc2)cc1. The Morgan fingerprint density at radius 1 is 0.393 bits per heavy atom. The van der Waals surface area contributed by atoms with Gasteiger partial charge in [-0.25, -0.2) is 0 Å². The van der Waals surface area contributed by atoms with Crippen LogP contribution in [0.5, 0.6) is 0 Å². The van der Waals surface area contributed by atoms with Crippen LogP contribution >= 0.6 is 0 Å². The second-order valence-corrected chi connectivity index (χ2v) is 18.7. The topological polar surface area (TPSA) is 8.17 Å². The molecule has 0 aliphatic heterocycles. The molecule has 13 rings (SSSR count). The van der Waals surface area contributed by atoms with Crippen LogP contribution in [0.1, 0.15) is 37.7 Å². The van der Waals surface area contributed by atoms with Crippen LogP contribution in [0.15, 0.2) is 200 Å². The molecule has 2 bridgehead atoms. The first-order valence-electron chi connectivity index (χ1n) is 22.5. The number of aromatic nitrogens is 1. The van der Waals surface area contributed by atoms with E-state index in [2.05, 4.69) is 210 Å². The highest BCUT2D eigenvalue weighted by molar-refractivity contribution is 6.09. The maximum absolute atomic E-state index is 2.50. The molecule has 1 aromatic heterocycles. The van der Waals surface area contributed by atoms with Crippen LogP contribution in [0.4, 0.5) is 17.1 Å². The van der Waals surface area contributed by atoms with Gasteiger partial charge < -0.3 is 9.47 Å². The lowest BCUT2D eigenvalue weighted by molar-refractivity contribution is 0.00350. The molecule has 6 atom stereocenters. The molecule has 1 heterocycles. The number of para-hydroxylation sites is 2. The van der Waals surface area contributed by atoms with E-state index < -0.39 is 0 Å². The van der Waals surface area contributed by atoms with Gasteiger partial charge >= 0.3 is 0 Å². The van der Waals surface area contributed by atoms with E-state index in [0.717, 1.165) is 41.0 Å². The predicted molar refractivity (Wildman–Crippen MR) is 254 cm³/mol. The number of benzene rings is 8. The minimum absolute atomic E-state index is 0.387. The standard InChI is InChI=1S/C59H48N2/c1-2-9-39(10-3-1)40-17-19-41(20-18-40)42-21-27-49(28-22-42)60(51-31-25-48(26-32-51)59-36-46-33-45-34-47(37-59)58(45)55(46)38-59)50-29-23-43(24-30-50)44-11-8-12-52(35-44)61-56-15-6-4-13-53(56)54-14-5-7-16-57(54)61/h1-32,35,45-47,55,58H,33-34,36-38H2/t45?,46-,47-,55?,58?,59?/m0/s1. The van der Waals surface area contributed by atoms with E-state index in [-0.39, 0.29) is 0 Å². The fourth-order valence-electron chi connectivity index (χ4n) is 13.1. The van der Waals surface area contributed by atoms with Gasteiger partial charge in [0, 0.05) is 33.5 Å². The molecule has 4 aliphatic rings. The lowest BCUT2D eigenvalue weighted by atomic mass is 9.52. The van der Waals surface area contributed by atoms with Gasteiger partial charge in [-0.15, -0.1) is 0 Å². The third-order valence-corrected chi connectivity index (χ3v) is 15.7. The van der Waals surface area contributed by atoms with Crippen LogP contribution in [0.25, 0.3) is 60.9 Å². The maximum Gasteiger partial charge on any atom is 0.0541 e. The molecule has 4 fully saturated rings. The van der Waals surface area contributed by atoms with Crippen molar-refractivity contribution in [2.45, 2.75) is 37.5 Å². The summed E-state index contributed by atoms with van der Waals surface area (Å²) in [5.74, 6) is 5.04. The Morgan fingerprint density at radius 2 is 0.869 bits per heavy atom. The van der Waals surface area contributed by atoms with E-state index >= 15 is 0 Å². The van der Waals surface area contributed by atoms with Crippen molar-refractivity contribution < 1.29 is 0 Å². The van der Waals surface area contributed by atoms with E-state index in [4.69, 9.17) is 0 Å². The van der Waals surface area contributed by atoms with E-state index in [1.54, 1.807) is 5.56 Å². The zero-order valence-electron chi connectivity index (χ0n) is 34.4. The fraction of sp³-hybridized carbons (Fsp3) is 0.186. The Bertz CT molecular complexity index is 3010. The Hall–Kier alpha value is -6.64. The predicted octanol–water partition coefficient (Wildman–Crippen LogP) is 15.6. The average Bonchev–Trinajstić information content (AvgIpc) is 3.93. The first-order valence-corrected chi connectivity index (χ1v) is 22.5. The van der Waals surface area contributed by atoms with Crippen LogP contribution < -0.4 is 4.90 Å². The first-order chi connectivity index (χ1) is 30.2. The van der Waals surface area contributed by atoms with E-state index in [0.29, 0.717) is 5.41 Å². The molecule has 8 aromatic carbocycles. The van der Waals surface area contributed by atoms with Gasteiger partial charge in [-0.1, -0.05) is 140 Å². The first kappa shape index (κ1) is 35.1. The largest absolute Gasteiger partial charge is 0.311 e. The van der Waals surface area contributed by atoms with Gasteiger partial charge in [-0.3, -0.25) is 0 Å². The highest BCUT2D eigenvalue weighted by atomic mass is 15.1. The number of anilines is 3. The Morgan fingerprint density at radius 3 is 1.49 bits per heavy atom. The summed E-state index contributed by atoms with van der Waals surface area (Å²) in [4.78, 5) is 2.44.